The molecule has 2 aromatic rings. The monoisotopic (exact) mass is 378 g/mol. The zero-order valence-electron chi connectivity index (χ0n) is 15.1. The summed E-state index contributed by atoms with van der Waals surface area (Å²) in [4.78, 5) is 14.7. The van der Waals surface area contributed by atoms with E-state index in [4.69, 9.17) is 0 Å². The molecule has 0 saturated heterocycles. The lowest BCUT2D eigenvalue weighted by Gasteiger charge is -2.33. The van der Waals surface area contributed by atoms with Gasteiger partial charge in [-0.05, 0) is 44.2 Å². The fraction of sp³-hybridized carbons (Fsp3) is 0.350. The molecule has 4 nitrogen and oxygen atoms in total. The zero-order chi connectivity index (χ0) is 18.2. The molecule has 6 heteroatoms. The average molecular weight is 379 g/mol. The minimum absolute atomic E-state index is 0. The van der Waals surface area contributed by atoms with E-state index in [0.29, 0.717) is 12.2 Å². The molecule has 2 atom stereocenters. The predicted octanol–water partition coefficient (Wildman–Crippen LogP) is 3.19. The topological polar surface area (TPSA) is 52.6 Å². The van der Waals surface area contributed by atoms with Crippen LogP contribution in [0, 0.1) is 5.82 Å². The highest BCUT2D eigenvalue weighted by molar-refractivity contribution is 6.08. The number of rotatable bonds is 5. The maximum absolute atomic E-state index is 13.9. The summed E-state index contributed by atoms with van der Waals surface area (Å²) in [5.41, 5.74) is 1.34. The molecule has 0 aromatic heterocycles. The predicted molar refractivity (Wildman–Crippen MR) is 103 cm³/mol. The minimum atomic E-state index is -0.832. The number of likely N-dealkylation sites (N-methyl/N-ethyl adjacent to an activating group) is 1. The summed E-state index contributed by atoms with van der Waals surface area (Å²) in [5.74, 6) is -0.540. The fourth-order valence-corrected chi connectivity index (χ4v) is 3.55. The van der Waals surface area contributed by atoms with Gasteiger partial charge < -0.3 is 15.3 Å². The number of nitrogens with one attached hydrogen (secondary N) is 1. The third kappa shape index (κ3) is 3.34. The van der Waals surface area contributed by atoms with Gasteiger partial charge in [-0.2, -0.15) is 0 Å². The van der Waals surface area contributed by atoms with Crippen molar-refractivity contribution in [2.24, 2.45) is 0 Å². The van der Waals surface area contributed by atoms with Gasteiger partial charge in [0.05, 0.1) is 23.2 Å². The number of hydrogen-bond donors (Lipinski definition) is 2. The molecule has 0 aliphatic carbocycles. The molecule has 1 aliphatic rings. The Hall–Kier alpha value is -1.95. The van der Waals surface area contributed by atoms with Gasteiger partial charge in [-0.15, -0.1) is 12.4 Å². The van der Waals surface area contributed by atoms with E-state index >= 15 is 0 Å². The lowest BCUT2D eigenvalue weighted by Crippen LogP contribution is -2.45. The number of carbonyl (C=O) groups is 1. The molecule has 0 saturated carbocycles. The second-order valence-corrected chi connectivity index (χ2v) is 6.94. The maximum Gasteiger partial charge on any atom is 0.237 e. The van der Waals surface area contributed by atoms with Gasteiger partial charge in [0.15, 0.2) is 0 Å². The Labute approximate surface area is 159 Å². The lowest BCUT2D eigenvalue weighted by atomic mass is 9.86. The van der Waals surface area contributed by atoms with Crippen LogP contribution < -0.4 is 10.2 Å². The summed E-state index contributed by atoms with van der Waals surface area (Å²) < 4.78 is 13.9. The van der Waals surface area contributed by atoms with Gasteiger partial charge in [-0.25, -0.2) is 4.39 Å². The van der Waals surface area contributed by atoms with Crippen molar-refractivity contribution in [3.63, 3.8) is 0 Å². The van der Waals surface area contributed by atoms with Gasteiger partial charge in [-0.3, -0.25) is 4.79 Å². The number of carbonyl (C=O) groups excluding carboxylic acids is 1. The molecule has 1 heterocycles. The number of nitrogens with zero attached hydrogens (tertiary/aromatic N) is 1. The number of hydrogen-bond acceptors (Lipinski definition) is 3. The Balaban J connectivity index is 0.00000243. The van der Waals surface area contributed by atoms with E-state index in [0.717, 1.165) is 11.1 Å². The lowest BCUT2D eigenvalue weighted by molar-refractivity contribution is -0.123. The third-order valence-corrected chi connectivity index (χ3v) is 4.84. The van der Waals surface area contributed by atoms with Crippen molar-refractivity contribution in [1.82, 2.24) is 5.32 Å². The summed E-state index contributed by atoms with van der Waals surface area (Å²) in [5, 5.41) is 13.7. The molecular formula is C20H24ClFN2O2. The quantitative estimate of drug-likeness (QED) is 0.840. The standard InChI is InChI=1S/C20H23FN2O2.ClH/c1-20(2)15-10-9-14(21)11-16(15)23(19(20)25)18(17(24)12-22-3)13-7-5-4-6-8-13;/h4-11,17-18,22,24H,12H2,1-3H3;1H/t17-,18-;/m0./s1. The summed E-state index contributed by atoms with van der Waals surface area (Å²) >= 11 is 0. The Morgan fingerprint density at radius 1 is 1.19 bits per heavy atom. The second-order valence-electron chi connectivity index (χ2n) is 6.94. The van der Waals surface area contributed by atoms with Gasteiger partial charge in [0.2, 0.25) is 5.91 Å². The third-order valence-electron chi connectivity index (χ3n) is 4.84. The number of benzene rings is 2. The molecule has 26 heavy (non-hydrogen) atoms. The normalized spacial score (nSPS) is 17.4. The van der Waals surface area contributed by atoms with Crippen molar-refractivity contribution in [3.05, 3.63) is 65.5 Å². The smallest absolute Gasteiger partial charge is 0.237 e. The van der Waals surface area contributed by atoms with E-state index in [1.807, 2.05) is 44.2 Å². The van der Waals surface area contributed by atoms with Crippen LogP contribution in [0.3, 0.4) is 0 Å². The molecule has 1 amide bonds. The van der Waals surface area contributed by atoms with E-state index < -0.39 is 23.4 Å². The van der Waals surface area contributed by atoms with Gasteiger partial charge in [0.25, 0.3) is 0 Å². The highest BCUT2D eigenvalue weighted by atomic mass is 35.5. The van der Waals surface area contributed by atoms with Crippen LogP contribution >= 0.6 is 12.4 Å². The Morgan fingerprint density at radius 3 is 2.46 bits per heavy atom. The summed E-state index contributed by atoms with van der Waals surface area (Å²) in [6, 6.07) is 13.2. The summed E-state index contributed by atoms with van der Waals surface area (Å²) in [6.07, 6.45) is -0.832. The molecule has 0 radical (unpaired) electrons. The van der Waals surface area contributed by atoms with Crippen molar-refractivity contribution < 1.29 is 14.3 Å². The van der Waals surface area contributed by atoms with Crippen LogP contribution in [0.1, 0.15) is 31.0 Å². The molecule has 3 rings (SSSR count). The van der Waals surface area contributed by atoms with Crippen LogP contribution in [0.15, 0.2) is 48.5 Å². The highest BCUT2D eigenvalue weighted by Gasteiger charge is 2.48. The molecule has 0 fully saturated rings. The zero-order valence-corrected chi connectivity index (χ0v) is 15.9. The van der Waals surface area contributed by atoms with Gasteiger partial charge >= 0.3 is 0 Å². The van der Waals surface area contributed by atoms with E-state index in [1.165, 1.54) is 12.1 Å². The van der Waals surface area contributed by atoms with Gasteiger partial charge in [0.1, 0.15) is 5.82 Å². The first-order chi connectivity index (χ1) is 11.9. The summed E-state index contributed by atoms with van der Waals surface area (Å²) in [7, 11) is 1.74. The number of fused-ring (bicyclic) bond motifs is 1. The van der Waals surface area contributed by atoms with Crippen LogP contribution in [0.25, 0.3) is 0 Å². The fourth-order valence-electron chi connectivity index (χ4n) is 3.55. The van der Waals surface area contributed by atoms with Crippen LogP contribution in [0.4, 0.5) is 10.1 Å². The number of aliphatic hydroxyl groups is 1. The number of anilines is 1. The second kappa shape index (κ2) is 7.74. The van der Waals surface area contributed by atoms with Crippen molar-refractivity contribution >= 4 is 24.0 Å². The van der Waals surface area contributed by atoms with Gasteiger partial charge in [0, 0.05) is 6.54 Å². The van der Waals surface area contributed by atoms with E-state index in [1.54, 1.807) is 18.0 Å². The highest BCUT2D eigenvalue weighted by Crippen LogP contribution is 2.46. The van der Waals surface area contributed by atoms with Crippen LogP contribution in [0.2, 0.25) is 0 Å². The largest absolute Gasteiger partial charge is 0.389 e. The molecule has 0 bridgehead atoms. The van der Waals surface area contributed by atoms with E-state index in [2.05, 4.69) is 5.32 Å². The summed E-state index contributed by atoms with van der Waals surface area (Å²) in [6.45, 7) is 3.98. The average Bonchev–Trinajstić information content (AvgIpc) is 2.77. The van der Waals surface area contributed by atoms with E-state index in [-0.39, 0.29) is 18.3 Å². The SMILES string of the molecule is CNC[C@H](O)[C@H](c1ccccc1)N1C(=O)C(C)(C)c2ccc(F)cc21.Cl. The molecule has 1 aliphatic heterocycles. The first-order valence-electron chi connectivity index (χ1n) is 8.39. The van der Waals surface area contributed by atoms with Crippen LogP contribution in [-0.4, -0.2) is 30.7 Å². The van der Waals surface area contributed by atoms with E-state index in [9.17, 15) is 14.3 Å². The van der Waals surface area contributed by atoms with Crippen molar-refractivity contribution in [2.45, 2.75) is 31.4 Å². The van der Waals surface area contributed by atoms with Crippen molar-refractivity contribution in [1.29, 1.82) is 0 Å². The molecule has 2 N–H and O–H groups in total. The van der Waals surface area contributed by atoms with Crippen LogP contribution in [-0.2, 0) is 10.2 Å². The molecule has 0 spiro atoms. The van der Waals surface area contributed by atoms with Crippen LogP contribution in [0.5, 0.6) is 0 Å². The molecule has 2 aromatic carbocycles. The first-order valence-corrected chi connectivity index (χ1v) is 8.39. The van der Waals surface area contributed by atoms with Crippen molar-refractivity contribution in [3.8, 4) is 0 Å². The maximum atomic E-state index is 13.9. The minimum Gasteiger partial charge on any atom is -0.389 e. The molecule has 0 unspecified atom stereocenters. The molecule has 140 valence electrons. The number of halogens is 2. The Morgan fingerprint density at radius 2 is 1.85 bits per heavy atom. The number of amides is 1. The Bertz CT molecular complexity index is 783. The molecular weight excluding hydrogens is 355 g/mol. The number of aliphatic hydroxyl groups excluding tert-OH is 1. The Kier molecular flexibility index (Phi) is 6.06. The van der Waals surface area contributed by atoms with Crippen molar-refractivity contribution in [2.75, 3.05) is 18.5 Å². The first kappa shape index (κ1) is 20.4. The van der Waals surface area contributed by atoms with Gasteiger partial charge in [-0.1, -0.05) is 36.4 Å².